The van der Waals surface area contributed by atoms with Gasteiger partial charge in [0.2, 0.25) is 0 Å². The van der Waals surface area contributed by atoms with Crippen molar-refractivity contribution in [2.45, 2.75) is 13.8 Å². The summed E-state index contributed by atoms with van der Waals surface area (Å²) in [5, 5.41) is 0. The molecule has 0 spiro atoms. The molecule has 0 bridgehead atoms. The summed E-state index contributed by atoms with van der Waals surface area (Å²) in [5.41, 5.74) is 2.37. The minimum Gasteiger partial charge on any atom is -0.339 e. The lowest BCUT2D eigenvalue weighted by molar-refractivity contribution is 0.954. The van der Waals surface area contributed by atoms with Gasteiger partial charge >= 0.3 is 0 Å². The van der Waals surface area contributed by atoms with E-state index in [1.807, 2.05) is 26.1 Å². The van der Waals surface area contributed by atoms with Gasteiger partial charge in [-0.3, -0.25) is 4.68 Å². The predicted molar refractivity (Wildman–Crippen MR) is 34.1 cm³/mol. The van der Waals surface area contributed by atoms with E-state index in [1.165, 1.54) is 5.56 Å². The average Bonchev–Trinajstić information content (AvgIpc) is 1.98. The first kappa shape index (κ1) is 5.22. The molecule has 0 aliphatic rings. The second-order valence-electron chi connectivity index (χ2n) is 1.99. The summed E-state index contributed by atoms with van der Waals surface area (Å²) in [6.45, 7) is 4.04. The SMILES string of the molecule is Cc1ccn(N)c1C. The monoisotopic (exact) mass is 110 g/mol. The van der Waals surface area contributed by atoms with Crippen molar-refractivity contribution in [3.05, 3.63) is 23.5 Å². The maximum Gasteiger partial charge on any atom is 0.0389 e. The average molecular weight is 110 g/mol. The molecule has 2 nitrogen and oxygen atoms in total. The van der Waals surface area contributed by atoms with Crippen LogP contribution in [0.3, 0.4) is 0 Å². The Morgan fingerprint density at radius 3 is 2.25 bits per heavy atom. The summed E-state index contributed by atoms with van der Waals surface area (Å²) in [6.07, 6.45) is 1.85. The fourth-order valence-electron chi connectivity index (χ4n) is 0.628. The maximum atomic E-state index is 5.46. The fraction of sp³-hybridized carbons (Fsp3) is 0.333. The Balaban J connectivity index is 3.19. The molecule has 0 radical (unpaired) electrons. The molecular formula is C6H10N2. The molecule has 0 aliphatic heterocycles. The number of rotatable bonds is 0. The zero-order chi connectivity index (χ0) is 6.15. The van der Waals surface area contributed by atoms with Crippen LogP contribution in [0.2, 0.25) is 0 Å². The summed E-state index contributed by atoms with van der Waals surface area (Å²) in [4.78, 5) is 0. The number of aryl methyl sites for hydroxylation is 1. The first-order chi connectivity index (χ1) is 3.72. The molecule has 44 valence electrons. The summed E-state index contributed by atoms with van der Waals surface area (Å²) < 4.78 is 1.62. The van der Waals surface area contributed by atoms with E-state index in [2.05, 4.69) is 0 Å². The Bertz CT molecular complexity index is 169. The zero-order valence-corrected chi connectivity index (χ0v) is 5.18. The van der Waals surface area contributed by atoms with E-state index in [0.717, 1.165) is 5.69 Å². The lowest BCUT2D eigenvalue weighted by atomic mass is 10.3. The third-order valence-corrected chi connectivity index (χ3v) is 1.44. The normalized spacial score (nSPS) is 9.75. The quantitative estimate of drug-likeness (QED) is 0.492. The number of aromatic nitrogens is 1. The molecule has 1 aromatic rings. The van der Waals surface area contributed by atoms with Crippen LogP contribution in [0, 0.1) is 13.8 Å². The molecule has 0 aromatic carbocycles. The number of hydrogen-bond acceptors (Lipinski definition) is 1. The standard InChI is InChI=1S/C6H10N2/c1-5-3-4-8(7)6(5)2/h3-4H,7H2,1-2H3. The first-order valence-electron chi connectivity index (χ1n) is 2.61. The summed E-state index contributed by atoms with van der Waals surface area (Å²) >= 11 is 0. The van der Waals surface area contributed by atoms with Gasteiger partial charge in [-0.25, -0.2) is 0 Å². The predicted octanol–water partition coefficient (Wildman–Crippen LogP) is 0.819. The van der Waals surface area contributed by atoms with Gasteiger partial charge in [0.05, 0.1) is 0 Å². The highest BCUT2D eigenvalue weighted by Crippen LogP contribution is 2.02. The highest BCUT2D eigenvalue weighted by molar-refractivity contribution is 5.18. The summed E-state index contributed by atoms with van der Waals surface area (Å²) in [6, 6.07) is 2.00. The Morgan fingerprint density at radius 2 is 2.12 bits per heavy atom. The van der Waals surface area contributed by atoms with Gasteiger partial charge in [-0.15, -0.1) is 0 Å². The van der Waals surface area contributed by atoms with Gasteiger partial charge < -0.3 is 5.84 Å². The van der Waals surface area contributed by atoms with E-state index < -0.39 is 0 Å². The van der Waals surface area contributed by atoms with Gasteiger partial charge in [0.25, 0.3) is 0 Å². The summed E-state index contributed by atoms with van der Waals surface area (Å²) in [5.74, 6) is 5.46. The lowest BCUT2D eigenvalue weighted by Crippen LogP contribution is -2.07. The van der Waals surface area contributed by atoms with Gasteiger partial charge in [0.15, 0.2) is 0 Å². The Kier molecular flexibility index (Phi) is 1.01. The van der Waals surface area contributed by atoms with E-state index in [-0.39, 0.29) is 0 Å². The van der Waals surface area contributed by atoms with E-state index in [1.54, 1.807) is 4.68 Å². The molecule has 0 amide bonds. The van der Waals surface area contributed by atoms with Gasteiger partial charge in [0, 0.05) is 11.9 Å². The van der Waals surface area contributed by atoms with E-state index >= 15 is 0 Å². The van der Waals surface area contributed by atoms with Crippen LogP contribution < -0.4 is 5.84 Å². The van der Waals surface area contributed by atoms with E-state index in [4.69, 9.17) is 5.84 Å². The fourth-order valence-corrected chi connectivity index (χ4v) is 0.628. The van der Waals surface area contributed by atoms with Gasteiger partial charge in [-0.1, -0.05) is 0 Å². The van der Waals surface area contributed by atoms with Crippen LogP contribution in [0.5, 0.6) is 0 Å². The van der Waals surface area contributed by atoms with Crippen molar-refractivity contribution in [3.8, 4) is 0 Å². The van der Waals surface area contributed by atoms with Crippen molar-refractivity contribution in [3.63, 3.8) is 0 Å². The molecule has 0 atom stereocenters. The largest absolute Gasteiger partial charge is 0.339 e. The molecule has 1 rings (SSSR count). The Morgan fingerprint density at radius 1 is 1.50 bits per heavy atom. The van der Waals surface area contributed by atoms with Crippen LogP contribution in [0.15, 0.2) is 12.3 Å². The maximum absolute atomic E-state index is 5.46. The Labute approximate surface area is 48.9 Å². The van der Waals surface area contributed by atoms with Crippen LogP contribution in [0.1, 0.15) is 11.3 Å². The molecule has 0 saturated heterocycles. The smallest absolute Gasteiger partial charge is 0.0389 e. The molecule has 0 fully saturated rings. The van der Waals surface area contributed by atoms with Crippen LogP contribution in [-0.2, 0) is 0 Å². The van der Waals surface area contributed by atoms with Gasteiger partial charge in [0.1, 0.15) is 0 Å². The number of hydrogen-bond donors (Lipinski definition) is 1. The van der Waals surface area contributed by atoms with E-state index in [0.29, 0.717) is 0 Å². The summed E-state index contributed by atoms with van der Waals surface area (Å²) in [7, 11) is 0. The van der Waals surface area contributed by atoms with Crippen molar-refractivity contribution < 1.29 is 0 Å². The van der Waals surface area contributed by atoms with Crippen molar-refractivity contribution in [2.75, 3.05) is 5.84 Å². The third-order valence-electron chi connectivity index (χ3n) is 1.44. The molecule has 1 aromatic heterocycles. The van der Waals surface area contributed by atoms with Crippen molar-refractivity contribution in [1.29, 1.82) is 0 Å². The van der Waals surface area contributed by atoms with Gasteiger partial charge in [-0.2, -0.15) is 0 Å². The number of nitrogens with two attached hydrogens (primary N) is 1. The molecular weight excluding hydrogens is 100 g/mol. The lowest BCUT2D eigenvalue weighted by Gasteiger charge is -1.93. The van der Waals surface area contributed by atoms with Crippen molar-refractivity contribution >= 4 is 0 Å². The molecule has 0 aliphatic carbocycles. The van der Waals surface area contributed by atoms with Crippen molar-refractivity contribution in [2.24, 2.45) is 0 Å². The van der Waals surface area contributed by atoms with Crippen LogP contribution in [0.4, 0.5) is 0 Å². The molecule has 0 unspecified atom stereocenters. The van der Waals surface area contributed by atoms with Crippen molar-refractivity contribution in [1.82, 2.24) is 4.68 Å². The molecule has 2 heteroatoms. The van der Waals surface area contributed by atoms with Crippen LogP contribution >= 0.6 is 0 Å². The number of nitrogen functional groups attached to an aromatic ring is 1. The first-order valence-corrected chi connectivity index (χ1v) is 2.61. The highest BCUT2D eigenvalue weighted by atomic mass is 15.3. The molecule has 0 saturated carbocycles. The minimum absolute atomic E-state index is 1.13. The zero-order valence-electron chi connectivity index (χ0n) is 5.18. The van der Waals surface area contributed by atoms with Crippen LogP contribution in [-0.4, -0.2) is 4.68 Å². The third kappa shape index (κ3) is 0.579. The molecule has 1 heterocycles. The van der Waals surface area contributed by atoms with Gasteiger partial charge in [-0.05, 0) is 25.5 Å². The van der Waals surface area contributed by atoms with Crippen LogP contribution in [0.25, 0.3) is 0 Å². The molecule has 8 heavy (non-hydrogen) atoms. The number of nitrogens with zero attached hydrogens (tertiary/aromatic N) is 1. The van der Waals surface area contributed by atoms with E-state index in [9.17, 15) is 0 Å². The highest BCUT2D eigenvalue weighted by Gasteiger charge is 1.92. The topological polar surface area (TPSA) is 30.9 Å². The Hall–Kier alpha value is -0.920. The second kappa shape index (κ2) is 1.54. The minimum atomic E-state index is 1.13. The second-order valence-corrected chi connectivity index (χ2v) is 1.99. The molecule has 2 N–H and O–H groups in total.